The van der Waals surface area contributed by atoms with E-state index in [1.54, 1.807) is 38.1 Å². The number of para-hydroxylation sites is 1. The molecule has 7 heterocycles. The van der Waals surface area contributed by atoms with Gasteiger partial charge in [-0.2, -0.15) is 17.2 Å². The summed E-state index contributed by atoms with van der Waals surface area (Å²) in [6, 6.07) is 6.84. The predicted octanol–water partition coefficient (Wildman–Crippen LogP) is 5.05. The van der Waals surface area contributed by atoms with Crippen LogP contribution in [0.5, 0.6) is 5.75 Å². The van der Waals surface area contributed by atoms with Crippen molar-refractivity contribution >= 4 is 112 Å². The van der Waals surface area contributed by atoms with Crippen LogP contribution in [0.2, 0.25) is 0 Å². The number of hydrogen-bond donors (Lipinski definition) is 10. The van der Waals surface area contributed by atoms with Gasteiger partial charge in [0, 0.05) is 22.7 Å². The molecule has 2 fully saturated rings. The monoisotopic (exact) mass is 1350 g/mol. The summed E-state index contributed by atoms with van der Waals surface area (Å²) in [4.78, 5) is 126. The van der Waals surface area contributed by atoms with Gasteiger partial charge >= 0.3 is 60.6 Å². The lowest BCUT2D eigenvalue weighted by Gasteiger charge is -2.20. The van der Waals surface area contributed by atoms with E-state index >= 15 is 0 Å². The topological polar surface area (TPSA) is 650 Å². The molecule has 0 saturated carbocycles. The van der Waals surface area contributed by atoms with Crippen LogP contribution in [0, 0.1) is 0 Å². The van der Waals surface area contributed by atoms with Gasteiger partial charge < -0.3 is 67.3 Å². The molecule has 84 heavy (non-hydrogen) atoms. The first-order chi connectivity index (χ1) is 39.2. The normalized spacial score (nSPS) is 23.0. The summed E-state index contributed by atoms with van der Waals surface area (Å²) in [6.45, 7) is 1.76. The minimum absolute atomic E-state index is 0.0255. The molecule has 0 aliphatic carbocycles. The molecule has 0 amide bonds. The fourth-order valence-corrected chi connectivity index (χ4v) is 13.7. The molecule has 0 radical (unpaired) electrons. The molecule has 11 atom stereocenters. The van der Waals surface area contributed by atoms with Crippen molar-refractivity contribution in [3.8, 4) is 5.75 Å². The molecule has 3 aliphatic rings. The van der Waals surface area contributed by atoms with Gasteiger partial charge in [-0.05, 0) is 58.5 Å². The quantitative estimate of drug-likeness (QED) is 0.0115. The Bertz CT molecular complexity index is 3560. The van der Waals surface area contributed by atoms with Gasteiger partial charge in [0.25, 0.3) is 0 Å². The first-order valence-electron chi connectivity index (χ1n) is 21.8. The van der Waals surface area contributed by atoms with E-state index in [0.29, 0.717) is 17.0 Å². The first-order valence-corrected chi connectivity index (χ1v) is 32.9. The number of carbonyl (C=O) groups is 1. The van der Waals surface area contributed by atoms with Crippen LogP contribution in [0.3, 0.4) is 0 Å². The summed E-state index contributed by atoms with van der Waals surface area (Å²) >= 11 is 5.54. The molecule has 45 nitrogen and oxygen atoms in total. The number of nitrogens with zero attached hydrogens (tertiary/aromatic N) is 15. The summed E-state index contributed by atoms with van der Waals surface area (Å²) in [5.74, 6) is 9.60. The van der Waals surface area contributed by atoms with Gasteiger partial charge in [-0.1, -0.05) is 17.3 Å². The van der Waals surface area contributed by atoms with E-state index in [-0.39, 0.29) is 46.8 Å². The molecule has 0 spiro atoms. The lowest BCUT2D eigenvalue weighted by Crippen LogP contribution is -2.31. The van der Waals surface area contributed by atoms with Crippen molar-refractivity contribution in [2.24, 2.45) is 27.2 Å². The van der Waals surface area contributed by atoms with Crippen LogP contribution in [-0.2, 0) is 82.2 Å². The molecular formula is C31H43ClN17O28P7. The molecule has 8 rings (SSSR count). The molecule has 5 unspecified atom stereocenters. The molecule has 0 bridgehead atoms. The number of carbonyl (C=O) groups excluding carboxylic acids is 1. The average molecular weight is 1350 g/mol. The maximum atomic E-state index is 12.1. The van der Waals surface area contributed by atoms with E-state index in [0.717, 1.165) is 12.7 Å². The van der Waals surface area contributed by atoms with Gasteiger partial charge in [0.15, 0.2) is 29.0 Å². The van der Waals surface area contributed by atoms with E-state index in [4.69, 9.17) is 71.4 Å². The molecule has 53 heteroatoms. The molecule has 12 N–H and O–H groups in total. The number of oxime groups is 1. The zero-order chi connectivity index (χ0) is 62.4. The number of fused-ring (bicyclic) bond motifs is 3. The van der Waals surface area contributed by atoms with Crippen molar-refractivity contribution in [3.05, 3.63) is 76.0 Å². The third-order valence-corrected chi connectivity index (χ3v) is 18.2. The van der Waals surface area contributed by atoms with Crippen LogP contribution in [-0.4, -0.2) is 135 Å². The average Bonchev–Trinajstić information content (AvgIpc) is 2.28. The maximum absolute atomic E-state index is 12.1. The van der Waals surface area contributed by atoms with Gasteiger partial charge in [0.2, 0.25) is 0 Å². The third-order valence-electron chi connectivity index (χ3n) is 9.55. The zero-order valence-corrected chi connectivity index (χ0v) is 49.0. The van der Waals surface area contributed by atoms with Crippen LogP contribution >= 0.6 is 65.9 Å². The summed E-state index contributed by atoms with van der Waals surface area (Å²) in [7, 11) is -33.4. The Labute approximate surface area is 472 Å². The lowest BCUT2D eigenvalue weighted by atomic mass is 10.2. The summed E-state index contributed by atoms with van der Waals surface area (Å²) < 4.78 is 116. The Morgan fingerprint density at radius 2 is 1.14 bits per heavy atom. The number of phosphoric ester groups is 2. The van der Waals surface area contributed by atoms with Gasteiger partial charge in [-0.15, -0.1) is 0 Å². The van der Waals surface area contributed by atoms with Gasteiger partial charge in [-0.3, -0.25) is 23.0 Å². The van der Waals surface area contributed by atoms with Gasteiger partial charge in [0.1, 0.15) is 65.8 Å². The van der Waals surface area contributed by atoms with Crippen LogP contribution in [0.1, 0.15) is 49.5 Å². The van der Waals surface area contributed by atoms with Crippen LogP contribution < -0.4 is 16.3 Å². The molecule has 462 valence electrons. The Morgan fingerprint density at radius 3 is 1.57 bits per heavy atom. The number of rotatable bonds is 21. The molecule has 2 saturated heterocycles. The number of azide groups is 2. The summed E-state index contributed by atoms with van der Waals surface area (Å²) in [5.41, 5.74) is 19.1. The molecule has 4 aromatic heterocycles. The third kappa shape index (κ3) is 21.1. The minimum Gasteiger partial charge on any atom is -0.426 e. The molecule has 5 aromatic rings. The van der Waals surface area contributed by atoms with Crippen molar-refractivity contribution in [2.45, 2.75) is 63.6 Å². The Kier molecular flexibility index (Phi) is 25.0. The number of ether oxygens (including phenoxy) is 2. The molecular weight excluding hydrogens is 1310 g/mol. The predicted molar refractivity (Wildman–Crippen MR) is 274 cm³/mol. The van der Waals surface area contributed by atoms with Crippen molar-refractivity contribution in [1.29, 1.82) is 0 Å². The zero-order valence-electron chi connectivity index (χ0n) is 42.0. The fraction of sp³-hybridized carbons (Fsp3) is 0.419. The lowest BCUT2D eigenvalue weighted by molar-refractivity contribution is -0.0600. The number of benzene rings is 1. The second kappa shape index (κ2) is 30.1. The summed E-state index contributed by atoms with van der Waals surface area (Å²) in [5, 5.41) is 10.7. The Balaban J connectivity index is 0.000000247. The SMILES string of the molecule is CC(C)=NO[C@@H]1C[C@H](n2cnc3c(N=[N+]=[N-])ncnc32)O[C@@H]1COP(=O)(O)OP(=O)(O)OP(=O)(O)O.CON.O=C1OP(Cl)Oc2ccccc21.[N-]=[N+]=Nc1ncnc2c1ncn2[C@H]1C[C@@H](ON)[C@@H](COP(=O)(O)OP(=O)(O)OP(=O)(O)O)O1. The Morgan fingerprint density at radius 1 is 0.702 bits per heavy atom. The van der Waals surface area contributed by atoms with Gasteiger partial charge in [0.05, 0.1) is 38.7 Å². The standard InChI is InChI=1S/C13H19N8O12P3.C10H15N8O12P3.C7H4ClO3P.CH5NO/c1-7(2)19-31-8-3-10(21-6-17-11-12(18-20-14)15-5-16-13(11)21)30-9(8)4-29-35(25,26)33-36(27,28)32-34(22,23)24;11-17-16-9-8-10(14-3-13-9)18(4-15-8)7-1-5(28-12)6(27-7)2-26-32(22,23)30-33(24,25)29-31(19,20)21;8-12-10-6-4-2-1-3-5(6)7(9)11-12;1-3-2/h5-6,8-10H,3-4H2,1-2H3,(H,25,26)(H,27,28)(H2,22,23,24);3-7H,1-2,12H2,(H,22,23)(H,24,25)(H2,19,20,21);1-4H;2H2,1H3/t8-,9-,10-;5-,6-,7-;;/m11../s1. The highest BCUT2D eigenvalue weighted by molar-refractivity contribution is 7.76. The van der Waals surface area contributed by atoms with Crippen LogP contribution in [0.25, 0.3) is 43.2 Å². The van der Waals surface area contributed by atoms with Crippen LogP contribution in [0.15, 0.2) is 65.0 Å². The van der Waals surface area contributed by atoms with Gasteiger partial charge in [-0.25, -0.2) is 73.9 Å². The highest BCUT2D eigenvalue weighted by atomic mass is 35.7. The number of hydrogen-bond acceptors (Lipinski definition) is 31. The Hall–Kier alpha value is -5.02. The van der Waals surface area contributed by atoms with Crippen LogP contribution in [0.4, 0.5) is 11.6 Å². The largest absolute Gasteiger partial charge is 0.490 e. The molecule has 3 aliphatic heterocycles. The second-order valence-electron chi connectivity index (χ2n) is 15.7. The van der Waals surface area contributed by atoms with Crippen molar-refractivity contribution < 1.29 is 131 Å². The number of imidazole rings is 2. The fourth-order valence-electron chi connectivity index (χ4n) is 6.67. The number of halogens is 1. The van der Waals surface area contributed by atoms with E-state index in [1.165, 1.54) is 28.9 Å². The smallest absolute Gasteiger partial charge is 0.426 e. The van der Waals surface area contributed by atoms with Crippen molar-refractivity contribution in [1.82, 2.24) is 39.0 Å². The maximum Gasteiger partial charge on any atom is 0.490 e. The van der Waals surface area contributed by atoms with E-state index in [1.807, 2.05) is 0 Å². The number of aromatic nitrogens is 8. The first kappa shape index (κ1) is 69.7. The van der Waals surface area contributed by atoms with E-state index in [2.05, 4.69) is 96.7 Å². The highest BCUT2D eigenvalue weighted by Crippen LogP contribution is 2.67. The molecule has 1 aromatic carbocycles. The second-order valence-corrected chi connectivity index (χ2v) is 26.2. The van der Waals surface area contributed by atoms with E-state index in [9.17, 15) is 51.8 Å². The van der Waals surface area contributed by atoms with Crippen molar-refractivity contribution in [3.63, 3.8) is 0 Å². The summed E-state index contributed by atoms with van der Waals surface area (Å²) in [6.07, 6.45) is -0.655. The highest BCUT2D eigenvalue weighted by Gasteiger charge is 2.46. The number of phosphoric acid groups is 6. The van der Waals surface area contributed by atoms with E-state index < -0.39 is 111 Å². The minimum atomic E-state index is -5.68. The van der Waals surface area contributed by atoms with Crippen molar-refractivity contribution in [2.75, 3.05) is 20.3 Å². The number of nitrogens with two attached hydrogens (primary N) is 2.